The highest BCUT2D eigenvalue weighted by Gasteiger charge is 2.24. The first-order valence-electron chi connectivity index (χ1n) is 6.32. The molecule has 2 N–H and O–H groups in total. The van der Waals surface area contributed by atoms with Crippen molar-refractivity contribution in [3.8, 4) is 0 Å². The predicted molar refractivity (Wildman–Crippen MR) is 78.9 cm³/mol. The van der Waals surface area contributed by atoms with Crippen molar-refractivity contribution in [2.75, 3.05) is 39.5 Å². The number of rotatable bonds is 3. The molecule has 1 aliphatic heterocycles. The van der Waals surface area contributed by atoms with Gasteiger partial charge in [-0.2, -0.15) is 0 Å². The first-order chi connectivity index (χ1) is 8.97. The number of aromatic nitrogens is 1. The van der Waals surface area contributed by atoms with Crippen molar-refractivity contribution in [1.82, 2.24) is 14.8 Å². The zero-order valence-electron chi connectivity index (χ0n) is 11.3. The molecule has 0 saturated carbocycles. The van der Waals surface area contributed by atoms with E-state index in [2.05, 4.69) is 32.9 Å². The summed E-state index contributed by atoms with van der Waals surface area (Å²) in [4.78, 5) is 20.4. The second-order valence-electron chi connectivity index (χ2n) is 5.19. The number of hydrogen-bond donors (Lipinski definition) is 1. The maximum absolute atomic E-state index is 12.4. The summed E-state index contributed by atoms with van der Waals surface area (Å²) in [5.41, 5.74) is 6.23. The van der Waals surface area contributed by atoms with Crippen molar-refractivity contribution in [1.29, 1.82) is 0 Å². The van der Waals surface area contributed by atoms with Crippen molar-refractivity contribution in [3.05, 3.63) is 22.3 Å². The van der Waals surface area contributed by atoms with Crippen LogP contribution >= 0.6 is 15.9 Å². The van der Waals surface area contributed by atoms with E-state index in [1.165, 1.54) is 0 Å². The van der Waals surface area contributed by atoms with Crippen LogP contribution in [0.4, 0.5) is 5.82 Å². The lowest BCUT2D eigenvalue weighted by Crippen LogP contribution is -2.33. The Morgan fingerprint density at radius 2 is 2.42 bits per heavy atom. The van der Waals surface area contributed by atoms with E-state index in [0.29, 0.717) is 11.5 Å². The molecule has 1 fully saturated rings. The Kier molecular flexibility index (Phi) is 4.42. The largest absolute Gasteiger partial charge is 0.383 e. The Balaban J connectivity index is 2.04. The molecule has 1 atom stereocenters. The van der Waals surface area contributed by atoms with E-state index in [4.69, 9.17) is 5.73 Å². The Hall–Kier alpha value is -1.14. The fourth-order valence-electron chi connectivity index (χ4n) is 2.47. The van der Waals surface area contributed by atoms with Crippen LogP contribution in [0.5, 0.6) is 0 Å². The standard InChI is InChI=1S/C13H19BrN4O/c1-17-4-3-9(7-17)8-18(2)13(19)11-5-10(14)6-16-12(11)15/h5-6,9H,3-4,7-8H2,1-2H3,(H2,15,16). The van der Waals surface area contributed by atoms with Crippen molar-refractivity contribution < 1.29 is 4.79 Å². The van der Waals surface area contributed by atoms with Crippen molar-refractivity contribution >= 4 is 27.7 Å². The number of anilines is 1. The SMILES string of the molecule is CN1CCC(CN(C)C(=O)c2cc(Br)cnc2N)C1. The van der Waals surface area contributed by atoms with Gasteiger partial charge in [-0.15, -0.1) is 0 Å². The topological polar surface area (TPSA) is 62.5 Å². The normalized spacial score (nSPS) is 19.6. The van der Waals surface area contributed by atoms with Crippen LogP contribution in [0, 0.1) is 5.92 Å². The number of nitrogens with zero attached hydrogens (tertiary/aromatic N) is 3. The van der Waals surface area contributed by atoms with E-state index >= 15 is 0 Å². The average molecular weight is 327 g/mol. The predicted octanol–water partition coefficient (Wildman–Crippen LogP) is 1.45. The number of hydrogen-bond acceptors (Lipinski definition) is 4. The molecule has 2 heterocycles. The summed E-state index contributed by atoms with van der Waals surface area (Å²) in [6.45, 7) is 2.91. The Morgan fingerprint density at radius 1 is 1.68 bits per heavy atom. The highest BCUT2D eigenvalue weighted by atomic mass is 79.9. The molecule has 1 unspecified atom stereocenters. The average Bonchev–Trinajstić information content (AvgIpc) is 2.77. The smallest absolute Gasteiger partial charge is 0.257 e. The maximum atomic E-state index is 12.4. The van der Waals surface area contributed by atoms with Gasteiger partial charge in [-0.3, -0.25) is 4.79 Å². The number of pyridine rings is 1. The van der Waals surface area contributed by atoms with Crippen molar-refractivity contribution in [2.45, 2.75) is 6.42 Å². The molecule has 1 saturated heterocycles. The molecule has 0 aromatic carbocycles. The van der Waals surface area contributed by atoms with Crippen LogP contribution in [-0.4, -0.2) is 54.4 Å². The number of nitrogen functional groups attached to an aromatic ring is 1. The fraction of sp³-hybridized carbons (Fsp3) is 0.538. The third-order valence-electron chi connectivity index (χ3n) is 3.48. The lowest BCUT2D eigenvalue weighted by Gasteiger charge is -2.21. The highest BCUT2D eigenvalue weighted by Crippen LogP contribution is 2.19. The third-order valence-corrected chi connectivity index (χ3v) is 3.92. The summed E-state index contributed by atoms with van der Waals surface area (Å²) in [5, 5.41) is 0. The molecule has 19 heavy (non-hydrogen) atoms. The minimum atomic E-state index is -0.0687. The van der Waals surface area contributed by atoms with Crippen molar-refractivity contribution in [2.24, 2.45) is 5.92 Å². The van der Waals surface area contributed by atoms with E-state index in [-0.39, 0.29) is 11.7 Å². The number of likely N-dealkylation sites (tertiary alicyclic amines) is 1. The molecule has 0 radical (unpaired) electrons. The number of carbonyl (C=O) groups excluding carboxylic acids is 1. The minimum absolute atomic E-state index is 0.0687. The molecule has 104 valence electrons. The number of amides is 1. The van der Waals surface area contributed by atoms with Gasteiger partial charge < -0.3 is 15.5 Å². The number of halogens is 1. The van der Waals surface area contributed by atoms with Gasteiger partial charge in [0.05, 0.1) is 5.56 Å². The molecular formula is C13H19BrN4O. The third kappa shape index (κ3) is 3.45. The zero-order valence-corrected chi connectivity index (χ0v) is 12.9. The molecule has 5 nitrogen and oxygen atoms in total. The van der Waals surface area contributed by atoms with E-state index in [9.17, 15) is 4.79 Å². The lowest BCUT2D eigenvalue weighted by molar-refractivity contribution is 0.0774. The van der Waals surface area contributed by atoms with Crippen molar-refractivity contribution in [3.63, 3.8) is 0 Å². The number of nitrogens with two attached hydrogens (primary N) is 1. The van der Waals surface area contributed by atoms with Gasteiger partial charge in [0.25, 0.3) is 5.91 Å². The quantitative estimate of drug-likeness (QED) is 0.913. The molecular weight excluding hydrogens is 308 g/mol. The molecule has 1 aromatic heterocycles. The van der Waals surface area contributed by atoms with Gasteiger partial charge in [-0.25, -0.2) is 4.98 Å². The van der Waals surface area contributed by atoms with Gasteiger partial charge >= 0.3 is 0 Å². The van der Waals surface area contributed by atoms with Crippen LogP contribution in [0.25, 0.3) is 0 Å². The molecule has 6 heteroatoms. The van der Waals surface area contributed by atoms with E-state index in [1.807, 2.05) is 7.05 Å². The molecule has 1 aliphatic rings. The summed E-state index contributed by atoms with van der Waals surface area (Å²) in [6.07, 6.45) is 2.73. The van der Waals surface area contributed by atoms with Gasteiger partial charge in [0, 0.05) is 30.8 Å². The monoisotopic (exact) mass is 326 g/mol. The van der Waals surface area contributed by atoms with Crippen LogP contribution in [0.1, 0.15) is 16.8 Å². The molecule has 0 aliphatic carbocycles. The second kappa shape index (κ2) is 5.88. The van der Waals surface area contributed by atoms with Crippen LogP contribution in [-0.2, 0) is 0 Å². The Bertz CT molecular complexity index is 480. The second-order valence-corrected chi connectivity index (χ2v) is 6.10. The first kappa shape index (κ1) is 14.3. The Labute approximate surface area is 121 Å². The van der Waals surface area contributed by atoms with Gasteiger partial charge in [0.2, 0.25) is 0 Å². The highest BCUT2D eigenvalue weighted by molar-refractivity contribution is 9.10. The lowest BCUT2D eigenvalue weighted by atomic mass is 10.1. The van der Waals surface area contributed by atoms with E-state index < -0.39 is 0 Å². The van der Waals surface area contributed by atoms with Crippen LogP contribution in [0.3, 0.4) is 0 Å². The van der Waals surface area contributed by atoms with Crippen LogP contribution < -0.4 is 5.73 Å². The van der Waals surface area contributed by atoms with E-state index in [0.717, 1.165) is 30.5 Å². The molecule has 0 bridgehead atoms. The molecule has 0 spiro atoms. The van der Waals surface area contributed by atoms with Gasteiger partial charge in [-0.05, 0) is 47.9 Å². The summed E-state index contributed by atoms with van der Waals surface area (Å²) >= 11 is 3.31. The zero-order chi connectivity index (χ0) is 14.0. The van der Waals surface area contributed by atoms with Gasteiger partial charge in [0.15, 0.2) is 0 Å². The van der Waals surface area contributed by atoms with Gasteiger partial charge in [0.1, 0.15) is 5.82 Å². The van der Waals surface area contributed by atoms with Gasteiger partial charge in [-0.1, -0.05) is 0 Å². The summed E-state index contributed by atoms with van der Waals surface area (Å²) in [5.74, 6) is 0.754. The molecule has 1 aromatic rings. The van der Waals surface area contributed by atoms with Crippen LogP contribution in [0.15, 0.2) is 16.7 Å². The van der Waals surface area contributed by atoms with Crippen LogP contribution in [0.2, 0.25) is 0 Å². The first-order valence-corrected chi connectivity index (χ1v) is 7.11. The Morgan fingerprint density at radius 3 is 3.05 bits per heavy atom. The summed E-state index contributed by atoms with van der Waals surface area (Å²) in [6, 6.07) is 1.72. The molecule has 1 amide bonds. The summed E-state index contributed by atoms with van der Waals surface area (Å²) < 4.78 is 0.763. The minimum Gasteiger partial charge on any atom is -0.383 e. The maximum Gasteiger partial charge on any atom is 0.257 e. The van der Waals surface area contributed by atoms with E-state index in [1.54, 1.807) is 17.2 Å². The number of carbonyl (C=O) groups is 1. The fourth-order valence-corrected chi connectivity index (χ4v) is 2.80. The molecule has 2 rings (SSSR count). The summed E-state index contributed by atoms with van der Waals surface area (Å²) in [7, 11) is 3.93.